The molecule has 0 bridgehead atoms. The average molecular weight is 286 g/mol. The highest BCUT2D eigenvalue weighted by atomic mass is 19.4. The smallest absolute Gasteiger partial charge is 0.349 e. The lowest BCUT2D eigenvalue weighted by molar-refractivity contribution is -0.141. The molecule has 8 heteroatoms. The fourth-order valence-electron chi connectivity index (χ4n) is 2.34. The second-order valence-electron chi connectivity index (χ2n) is 5.09. The highest BCUT2D eigenvalue weighted by Gasteiger charge is 2.39. The lowest BCUT2D eigenvalue weighted by Crippen LogP contribution is -2.30. The van der Waals surface area contributed by atoms with Crippen LogP contribution in [-0.4, -0.2) is 39.4 Å². The second kappa shape index (κ2) is 4.60. The van der Waals surface area contributed by atoms with E-state index in [1.165, 1.54) is 0 Å². The molecule has 2 aliphatic rings. The molecule has 5 nitrogen and oxygen atoms in total. The number of carbonyl (C=O) groups excluding carboxylic acids is 1. The lowest BCUT2D eigenvalue weighted by atomic mass is 10.2. The van der Waals surface area contributed by atoms with Crippen LogP contribution >= 0.6 is 0 Å². The van der Waals surface area contributed by atoms with Crippen LogP contribution in [0.3, 0.4) is 0 Å². The summed E-state index contributed by atoms with van der Waals surface area (Å²) in [6.07, 6.45) is -1.13. The Morgan fingerprint density at radius 1 is 1.35 bits per heavy atom. The number of rotatable bonds is 3. The van der Waals surface area contributed by atoms with Crippen molar-refractivity contribution in [2.75, 3.05) is 11.9 Å². The van der Waals surface area contributed by atoms with Crippen LogP contribution in [-0.2, 0) is 11.0 Å². The number of amides is 1. The standard InChI is InChI=1S/C12H13F3N4O/c13-12(14,15)9-3-4-16-11(18-9)17-7-5-10(20)19(6-7)8-1-2-8/h3-4,7-8H,1-2,5-6H2,(H,16,17,18). The Balaban J connectivity index is 1.68. The van der Waals surface area contributed by atoms with E-state index in [1.54, 1.807) is 4.90 Å². The van der Waals surface area contributed by atoms with E-state index in [2.05, 4.69) is 15.3 Å². The molecule has 1 aliphatic heterocycles. The summed E-state index contributed by atoms with van der Waals surface area (Å²) in [7, 11) is 0. The number of likely N-dealkylation sites (tertiary alicyclic amines) is 1. The first-order valence-corrected chi connectivity index (χ1v) is 6.40. The number of aromatic nitrogens is 2. The zero-order valence-corrected chi connectivity index (χ0v) is 10.5. The van der Waals surface area contributed by atoms with Gasteiger partial charge in [-0.25, -0.2) is 9.97 Å². The molecule has 1 unspecified atom stereocenters. The molecular formula is C12H13F3N4O. The summed E-state index contributed by atoms with van der Waals surface area (Å²) in [6.45, 7) is 0.503. The Labute approximate surface area is 113 Å². The van der Waals surface area contributed by atoms with Gasteiger partial charge in [0.25, 0.3) is 0 Å². The van der Waals surface area contributed by atoms with Crippen molar-refractivity contribution in [1.82, 2.24) is 14.9 Å². The maximum Gasteiger partial charge on any atom is 0.433 e. The van der Waals surface area contributed by atoms with Crippen molar-refractivity contribution < 1.29 is 18.0 Å². The molecule has 1 atom stereocenters. The van der Waals surface area contributed by atoms with Crippen molar-refractivity contribution in [2.24, 2.45) is 0 Å². The number of hydrogen-bond donors (Lipinski definition) is 1. The topological polar surface area (TPSA) is 58.1 Å². The Morgan fingerprint density at radius 3 is 2.75 bits per heavy atom. The zero-order valence-electron chi connectivity index (χ0n) is 10.5. The molecule has 0 spiro atoms. The summed E-state index contributed by atoms with van der Waals surface area (Å²) in [5.74, 6) is -0.0488. The van der Waals surface area contributed by atoms with E-state index < -0.39 is 11.9 Å². The summed E-state index contributed by atoms with van der Waals surface area (Å²) in [5, 5.41) is 2.81. The number of alkyl halides is 3. The van der Waals surface area contributed by atoms with Gasteiger partial charge in [-0.2, -0.15) is 13.2 Å². The van der Waals surface area contributed by atoms with Crippen LogP contribution in [0.1, 0.15) is 25.0 Å². The molecule has 1 aliphatic carbocycles. The van der Waals surface area contributed by atoms with Gasteiger partial charge >= 0.3 is 6.18 Å². The molecular weight excluding hydrogens is 273 g/mol. The molecule has 20 heavy (non-hydrogen) atoms. The minimum Gasteiger partial charge on any atom is -0.349 e. The van der Waals surface area contributed by atoms with E-state index in [1.807, 2.05) is 0 Å². The van der Waals surface area contributed by atoms with Gasteiger partial charge in [0.1, 0.15) is 5.69 Å². The van der Waals surface area contributed by atoms with Crippen LogP contribution in [0.25, 0.3) is 0 Å². The van der Waals surface area contributed by atoms with Gasteiger partial charge in [-0.15, -0.1) is 0 Å². The first-order chi connectivity index (χ1) is 9.43. The molecule has 2 fully saturated rings. The summed E-state index contributed by atoms with van der Waals surface area (Å²) in [5.41, 5.74) is -0.988. The van der Waals surface area contributed by atoms with Gasteiger partial charge < -0.3 is 10.2 Å². The highest BCUT2D eigenvalue weighted by Crippen LogP contribution is 2.31. The molecule has 0 aromatic carbocycles. The lowest BCUT2D eigenvalue weighted by Gasteiger charge is -2.16. The van der Waals surface area contributed by atoms with E-state index >= 15 is 0 Å². The Kier molecular flexibility index (Phi) is 3.02. The SMILES string of the molecule is O=C1CC(Nc2nccc(C(F)(F)F)n2)CN1C1CC1. The van der Waals surface area contributed by atoms with E-state index in [4.69, 9.17) is 0 Å². The molecule has 1 N–H and O–H groups in total. The molecule has 3 rings (SSSR count). The first-order valence-electron chi connectivity index (χ1n) is 6.40. The van der Waals surface area contributed by atoms with Crippen molar-refractivity contribution >= 4 is 11.9 Å². The number of nitrogens with one attached hydrogen (secondary N) is 1. The molecule has 1 aromatic rings. The van der Waals surface area contributed by atoms with Gasteiger partial charge in [-0.3, -0.25) is 4.79 Å². The van der Waals surface area contributed by atoms with Crippen LogP contribution in [0, 0.1) is 0 Å². The van der Waals surface area contributed by atoms with Gasteiger partial charge in [0.05, 0.1) is 6.04 Å². The Bertz CT molecular complexity index is 530. The molecule has 0 radical (unpaired) electrons. The number of halogens is 3. The predicted molar refractivity (Wildman–Crippen MR) is 63.8 cm³/mol. The fourth-order valence-corrected chi connectivity index (χ4v) is 2.34. The molecule has 108 valence electrons. The van der Waals surface area contributed by atoms with Crippen LogP contribution in [0.2, 0.25) is 0 Å². The van der Waals surface area contributed by atoms with Gasteiger partial charge in [-0.05, 0) is 18.9 Å². The van der Waals surface area contributed by atoms with E-state index in [-0.39, 0.29) is 24.3 Å². The minimum absolute atomic E-state index is 0.0389. The van der Waals surface area contributed by atoms with Gasteiger partial charge in [0.2, 0.25) is 11.9 Å². The normalized spacial score (nSPS) is 23.2. The molecule has 1 saturated heterocycles. The van der Waals surface area contributed by atoms with Crippen molar-refractivity contribution in [1.29, 1.82) is 0 Å². The maximum absolute atomic E-state index is 12.5. The molecule has 2 heterocycles. The molecule has 1 aromatic heterocycles. The molecule has 1 amide bonds. The number of carbonyl (C=O) groups is 1. The Hall–Kier alpha value is -1.86. The fraction of sp³-hybridized carbons (Fsp3) is 0.583. The summed E-state index contributed by atoms with van der Waals surface area (Å²) < 4.78 is 37.6. The third kappa shape index (κ3) is 2.68. The van der Waals surface area contributed by atoms with Crippen molar-refractivity contribution in [3.63, 3.8) is 0 Å². The van der Waals surface area contributed by atoms with E-state index in [0.717, 1.165) is 25.1 Å². The predicted octanol–water partition coefficient (Wildman–Crippen LogP) is 1.67. The zero-order chi connectivity index (χ0) is 14.3. The summed E-state index contributed by atoms with van der Waals surface area (Å²) >= 11 is 0. The van der Waals surface area contributed by atoms with Gasteiger partial charge in [0.15, 0.2) is 0 Å². The summed E-state index contributed by atoms with van der Waals surface area (Å²) in [4.78, 5) is 20.7. The number of anilines is 1. The first kappa shape index (κ1) is 13.1. The average Bonchev–Trinajstić information content (AvgIpc) is 3.14. The number of hydrogen-bond acceptors (Lipinski definition) is 4. The van der Waals surface area contributed by atoms with Crippen molar-refractivity contribution in [3.05, 3.63) is 18.0 Å². The third-order valence-corrected chi connectivity index (χ3v) is 3.43. The van der Waals surface area contributed by atoms with Crippen LogP contribution in [0.15, 0.2) is 12.3 Å². The largest absolute Gasteiger partial charge is 0.433 e. The van der Waals surface area contributed by atoms with Gasteiger partial charge in [0, 0.05) is 25.2 Å². The quantitative estimate of drug-likeness (QED) is 0.918. The maximum atomic E-state index is 12.5. The number of nitrogens with zero attached hydrogens (tertiary/aromatic N) is 3. The second-order valence-corrected chi connectivity index (χ2v) is 5.09. The van der Waals surface area contributed by atoms with Gasteiger partial charge in [-0.1, -0.05) is 0 Å². The van der Waals surface area contributed by atoms with Crippen LogP contribution < -0.4 is 5.32 Å². The van der Waals surface area contributed by atoms with E-state index in [0.29, 0.717) is 12.6 Å². The van der Waals surface area contributed by atoms with Crippen LogP contribution in [0.5, 0.6) is 0 Å². The van der Waals surface area contributed by atoms with Crippen molar-refractivity contribution in [2.45, 2.75) is 37.5 Å². The summed E-state index contributed by atoms with van der Waals surface area (Å²) in [6, 6.07) is 0.907. The van der Waals surface area contributed by atoms with Crippen molar-refractivity contribution in [3.8, 4) is 0 Å². The van der Waals surface area contributed by atoms with E-state index in [9.17, 15) is 18.0 Å². The minimum atomic E-state index is -4.50. The highest BCUT2D eigenvalue weighted by molar-refractivity contribution is 5.80. The van der Waals surface area contributed by atoms with Crippen LogP contribution in [0.4, 0.5) is 19.1 Å². The molecule has 1 saturated carbocycles. The third-order valence-electron chi connectivity index (χ3n) is 3.43. The Morgan fingerprint density at radius 2 is 2.10 bits per heavy atom. The monoisotopic (exact) mass is 286 g/mol.